The summed E-state index contributed by atoms with van der Waals surface area (Å²) >= 11 is 13.1. The predicted octanol–water partition coefficient (Wildman–Crippen LogP) is 8.18. The van der Waals surface area contributed by atoms with Crippen molar-refractivity contribution in [1.29, 1.82) is 0 Å². The van der Waals surface area contributed by atoms with Crippen molar-refractivity contribution in [2.24, 2.45) is 0 Å². The van der Waals surface area contributed by atoms with Gasteiger partial charge in [0.2, 0.25) is 0 Å². The number of anilines is 2. The predicted molar refractivity (Wildman–Crippen MR) is 160 cm³/mol. The lowest BCUT2D eigenvalue weighted by molar-refractivity contribution is 0.102. The minimum absolute atomic E-state index is 0.205. The van der Waals surface area contributed by atoms with Gasteiger partial charge in [-0.1, -0.05) is 55.6 Å². The van der Waals surface area contributed by atoms with Crippen LogP contribution in [0.5, 0.6) is 0 Å². The highest BCUT2D eigenvalue weighted by Gasteiger charge is 2.30. The number of nitrogens with zero attached hydrogens (tertiary/aromatic N) is 3. The molecule has 3 aromatic carbocycles. The quantitative estimate of drug-likeness (QED) is 0.194. The summed E-state index contributed by atoms with van der Waals surface area (Å²) < 4.78 is 6.15. The van der Waals surface area contributed by atoms with Crippen LogP contribution in [0.2, 0.25) is 5.02 Å². The van der Waals surface area contributed by atoms with Crippen LogP contribution in [0.4, 0.5) is 11.4 Å². The molecule has 6 nitrogen and oxygen atoms in total. The van der Waals surface area contributed by atoms with Crippen LogP contribution in [0, 0.1) is 0 Å². The van der Waals surface area contributed by atoms with Gasteiger partial charge in [0.15, 0.2) is 5.82 Å². The number of rotatable bonds is 6. The van der Waals surface area contributed by atoms with Gasteiger partial charge in [0, 0.05) is 43.0 Å². The molecule has 6 rings (SSSR count). The number of hydrogen-bond donors (Lipinski definition) is 2. The van der Waals surface area contributed by atoms with E-state index in [1.165, 1.54) is 0 Å². The summed E-state index contributed by atoms with van der Waals surface area (Å²) in [5.74, 6) is 0.693. The maximum absolute atomic E-state index is 13.9. The fourth-order valence-corrected chi connectivity index (χ4v) is 5.70. The van der Waals surface area contributed by atoms with Crippen LogP contribution < -0.4 is 10.6 Å². The summed E-state index contributed by atoms with van der Waals surface area (Å²) in [4.78, 5) is 13.9. The standard InChI is InChI=1S/C29H24Br2ClN5O/c30-19-6-4-18(5-7-19)26-24-3-1-2-16-36-25(17-33-22-12-8-20(31)9-13-22)35-37(29(24)36)27(26)28(38)34-23-14-10-21(32)11-15-23/h4-15,33H,1-3,16-17H2,(H,34,38). The zero-order valence-electron chi connectivity index (χ0n) is 20.3. The first kappa shape index (κ1) is 25.2. The maximum atomic E-state index is 13.9. The Kier molecular flexibility index (Phi) is 7.03. The molecular formula is C29H24Br2ClN5O. The Labute approximate surface area is 242 Å². The highest BCUT2D eigenvalue weighted by atomic mass is 79.9. The van der Waals surface area contributed by atoms with Crippen molar-refractivity contribution in [2.45, 2.75) is 32.4 Å². The van der Waals surface area contributed by atoms with E-state index in [2.05, 4.69) is 59.2 Å². The van der Waals surface area contributed by atoms with Crippen molar-refractivity contribution >= 4 is 66.4 Å². The topological polar surface area (TPSA) is 63.4 Å². The van der Waals surface area contributed by atoms with Gasteiger partial charge >= 0.3 is 0 Å². The first-order chi connectivity index (χ1) is 18.5. The molecule has 0 unspecified atom stereocenters. The molecular weight excluding hydrogens is 630 g/mol. The highest BCUT2D eigenvalue weighted by molar-refractivity contribution is 9.10. The molecule has 192 valence electrons. The van der Waals surface area contributed by atoms with Gasteiger partial charge in [0.05, 0.1) is 6.54 Å². The molecule has 0 aliphatic carbocycles. The fraction of sp³-hybridized carbons (Fsp3) is 0.172. The Hall–Kier alpha value is -3.07. The summed E-state index contributed by atoms with van der Waals surface area (Å²) in [6.07, 6.45) is 2.98. The molecule has 9 heteroatoms. The van der Waals surface area contributed by atoms with Crippen LogP contribution in [0.15, 0.2) is 81.7 Å². The van der Waals surface area contributed by atoms with E-state index in [0.29, 0.717) is 22.9 Å². The third-order valence-corrected chi connectivity index (χ3v) is 8.12. The highest BCUT2D eigenvalue weighted by Crippen LogP contribution is 2.37. The van der Waals surface area contributed by atoms with E-state index in [1.54, 1.807) is 24.3 Å². The fourth-order valence-electron chi connectivity index (χ4n) is 5.04. The van der Waals surface area contributed by atoms with Crippen molar-refractivity contribution in [3.63, 3.8) is 0 Å². The van der Waals surface area contributed by atoms with E-state index in [4.69, 9.17) is 16.7 Å². The monoisotopic (exact) mass is 651 g/mol. The van der Waals surface area contributed by atoms with Gasteiger partial charge in [0.25, 0.3) is 5.91 Å². The molecule has 2 N–H and O–H groups in total. The van der Waals surface area contributed by atoms with Crippen molar-refractivity contribution in [3.05, 3.63) is 104 Å². The first-order valence-electron chi connectivity index (χ1n) is 12.4. The van der Waals surface area contributed by atoms with Crippen LogP contribution in [-0.2, 0) is 19.5 Å². The maximum Gasteiger partial charge on any atom is 0.275 e. The summed E-state index contributed by atoms with van der Waals surface area (Å²) in [5, 5.41) is 12.2. The summed E-state index contributed by atoms with van der Waals surface area (Å²) in [6, 6.07) is 23.4. The number of nitrogens with one attached hydrogen (secondary N) is 2. The van der Waals surface area contributed by atoms with Crippen molar-refractivity contribution < 1.29 is 4.79 Å². The van der Waals surface area contributed by atoms with Crippen molar-refractivity contribution in [3.8, 4) is 11.1 Å². The van der Waals surface area contributed by atoms with Crippen LogP contribution >= 0.6 is 43.5 Å². The van der Waals surface area contributed by atoms with Crippen LogP contribution in [0.25, 0.3) is 16.8 Å². The van der Waals surface area contributed by atoms with E-state index in [0.717, 1.165) is 68.6 Å². The van der Waals surface area contributed by atoms with Gasteiger partial charge in [-0.05, 0) is 85.5 Å². The molecule has 0 radical (unpaired) electrons. The SMILES string of the molecule is O=C(Nc1ccc(Cl)cc1)c1c(-c2ccc(Br)cc2)c2c3n(c(CNc4ccc(Br)cc4)nn13)CCCC2. The van der Waals surface area contributed by atoms with Crippen molar-refractivity contribution in [1.82, 2.24) is 14.2 Å². The molecule has 0 saturated carbocycles. The Balaban J connectivity index is 1.48. The second-order valence-electron chi connectivity index (χ2n) is 9.29. The Morgan fingerprint density at radius 3 is 2.26 bits per heavy atom. The normalized spacial score (nSPS) is 12.9. The van der Waals surface area contributed by atoms with E-state index < -0.39 is 0 Å². The molecule has 0 saturated heterocycles. The molecule has 0 atom stereocenters. The average Bonchev–Trinajstić information content (AvgIpc) is 3.32. The molecule has 1 aliphatic rings. The largest absolute Gasteiger partial charge is 0.378 e. The van der Waals surface area contributed by atoms with E-state index in [1.807, 2.05) is 40.9 Å². The van der Waals surface area contributed by atoms with Crippen molar-refractivity contribution in [2.75, 3.05) is 10.6 Å². The van der Waals surface area contributed by atoms with Gasteiger partial charge in [-0.25, -0.2) is 4.52 Å². The van der Waals surface area contributed by atoms with Crippen LogP contribution in [0.3, 0.4) is 0 Å². The Bertz CT molecular complexity index is 1620. The summed E-state index contributed by atoms with van der Waals surface area (Å²) in [5.41, 5.74) is 6.33. The number of aromatic nitrogens is 3. The number of carbonyl (C=O) groups excluding carboxylic acids is 1. The third-order valence-electron chi connectivity index (χ3n) is 6.81. The van der Waals surface area contributed by atoms with Gasteiger partial charge in [-0.3, -0.25) is 4.79 Å². The van der Waals surface area contributed by atoms with Gasteiger partial charge < -0.3 is 15.2 Å². The minimum Gasteiger partial charge on any atom is -0.378 e. The average molecular weight is 654 g/mol. The van der Waals surface area contributed by atoms with Gasteiger partial charge in [0.1, 0.15) is 11.3 Å². The zero-order valence-corrected chi connectivity index (χ0v) is 24.3. The van der Waals surface area contributed by atoms with E-state index in [-0.39, 0.29) is 5.91 Å². The second-order valence-corrected chi connectivity index (χ2v) is 11.6. The lowest BCUT2D eigenvalue weighted by Gasteiger charge is -2.10. The van der Waals surface area contributed by atoms with Gasteiger partial charge in [-0.2, -0.15) is 5.10 Å². The number of carbonyl (C=O) groups is 1. The number of hydrogen-bond acceptors (Lipinski definition) is 3. The smallest absolute Gasteiger partial charge is 0.275 e. The Morgan fingerprint density at radius 1 is 0.895 bits per heavy atom. The third kappa shape index (κ3) is 4.88. The summed E-state index contributed by atoms with van der Waals surface area (Å²) in [6.45, 7) is 1.41. The van der Waals surface area contributed by atoms with Gasteiger partial charge in [-0.15, -0.1) is 0 Å². The zero-order chi connectivity index (χ0) is 26.2. The Morgan fingerprint density at radius 2 is 1.55 bits per heavy atom. The lowest BCUT2D eigenvalue weighted by Crippen LogP contribution is -2.16. The number of benzene rings is 3. The number of amides is 1. The number of halogens is 3. The molecule has 38 heavy (non-hydrogen) atoms. The molecule has 0 spiro atoms. The molecule has 3 heterocycles. The first-order valence-corrected chi connectivity index (χ1v) is 14.4. The molecule has 0 bridgehead atoms. The lowest BCUT2D eigenvalue weighted by atomic mass is 9.98. The van der Waals surface area contributed by atoms with E-state index in [9.17, 15) is 4.79 Å². The van der Waals surface area contributed by atoms with Crippen LogP contribution in [-0.4, -0.2) is 20.1 Å². The minimum atomic E-state index is -0.205. The number of aryl methyl sites for hydroxylation is 2. The molecule has 0 fully saturated rings. The molecule has 1 aliphatic heterocycles. The second kappa shape index (κ2) is 10.6. The molecule has 1 amide bonds. The van der Waals surface area contributed by atoms with Crippen LogP contribution in [0.1, 0.15) is 34.7 Å². The summed E-state index contributed by atoms with van der Waals surface area (Å²) in [7, 11) is 0. The molecule has 2 aromatic heterocycles. The van der Waals surface area contributed by atoms with E-state index >= 15 is 0 Å². The molecule has 5 aromatic rings.